The third kappa shape index (κ3) is 12.2. The molecule has 3 unspecified atom stereocenters. The molecule has 0 heterocycles. The number of hydrogen-bond acceptors (Lipinski definition) is 8. The van der Waals surface area contributed by atoms with E-state index in [4.69, 9.17) is 9.47 Å². The Morgan fingerprint density at radius 3 is 1.91 bits per heavy atom. The maximum Gasteiger partial charge on any atom is 0.322 e. The first-order chi connectivity index (χ1) is 14.6. The fourth-order valence-corrected chi connectivity index (χ4v) is 5.10. The normalized spacial score (nSPS) is 17.0. The molecular weight excluding hydrogens is 598 g/mol. The van der Waals surface area contributed by atoms with Gasteiger partial charge in [0.2, 0.25) is 0 Å². The second-order valence-electron chi connectivity index (χ2n) is 8.29. The van der Waals surface area contributed by atoms with Gasteiger partial charge in [-0.3, -0.25) is 14.6 Å². The van der Waals surface area contributed by atoms with Gasteiger partial charge >= 0.3 is 11.9 Å². The molecule has 0 radical (unpaired) electrons. The second kappa shape index (κ2) is 14.7. The number of aliphatic imine (C=N–C) groups is 1. The highest BCUT2D eigenvalue weighted by molar-refractivity contribution is 9.10. The minimum atomic E-state index is -0.856. The summed E-state index contributed by atoms with van der Waals surface area (Å²) < 4.78 is 9.59. The lowest BCUT2D eigenvalue weighted by molar-refractivity contribution is -0.166. The molecule has 0 aliphatic carbocycles. The zero-order chi connectivity index (χ0) is 25.2. The molecule has 0 aromatic carbocycles. The van der Waals surface area contributed by atoms with Crippen molar-refractivity contribution in [2.24, 2.45) is 4.99 Å². The maximum absolute atomic E-state index is 12.6. The lowest BCUT2D eigenvalue weighted by atomic mass is 10.2. The number of rotatable bonds is 13. The number of esters is 2. The highest BCUT2D eigenvalue weighted by Crippen LogP contribution is 2.42. The molecule has 186 valence electrons. The number of thiol groups is 1. The molecule has 0 saturated carbocycles. The Morgan fingerprint density at radius 2 is 1.53 bits per heavy atom. The van der Waals surface area contributed by atoms with Gasteiger partial charge in [0.25, 0.3) is 0 Å². The van der Waals surface area contributed by atoms with Crippen LogP contribution in [0.15, 0.2) is 17.1 Å². The molecule has 0 aliphatic heterocycles. The molecule has 32 heavy (non-hydrogen) atoms. The summed E-state index contributed by atoms with van der Waals surface area (Å²) in [5.74, 6) is -0.176. The van der Waals surface area contributed by atoms with E-state index in [1.807, 2.05) is 6.08 Å². The van der Waals surface area contributed by atoms with E-state index in [9.17, 15) is 9.59 Å². The standard InChI is InChI=1S/C22H37Br2NO4S3/c1-9-11-12-17(25-8)32-22(7,10-2)31-14-16(29-19(27)21(5,6)24)15(13-30)28-18(26)20(3,4)23/h11-12,15-16,30H,9-10,13-14H2,1-8H3/b12-11-,25-17?. The largest absolute Gasteiger partial charge is 0.456 e. The fourth-order valence-electron chi connectivity index (χ4n) is 2.06. The summed E-state index contributed by atoms with van der Waals surface area (Å²) in [6.45, 7) is 13.2. The zero-order valence-electron chi connectivity index (χ0n) is 20.2. The van der Waals surface area contributed by atoms with Gasteiger partial charge in [-0.1, -0.05) is 63.5 Å². The molecule has 0 N–H and O–H groups in total. The Labute approximate surface area is 224 Å². The monoisotopic (exact) mass is 633 g/mol. The van der Waals surface area contributed by atoms with E-state index < -0.39 is 32.8 Å². The van der Waals surface area contributed by atoms with E-state index in [2.05, 4.69) is 76.3 Å². The number of halogens is 2. The molecule has 0 amide bonds. The van der Waals surface area contributed by atoms with Crippen molar-refractivity contribution in [2.75, 3.05) is 18.6 Å². The van der Waals surface area contributed by atoms with Crippen LogP contribution in [0.4, 0.5) is 0 Å². The van der Waals surface area contributed by atoms with E-state index in [-0.39, 0.29) is 9.83 Å². The summed E-state index contributed by atoms with van der Waals surface area (Å²) in [6.07, 6.45) is 4.58. The predicted octanol–water partition coefficient (Wildman–Crippen LogP) is 6.67. The summed E-state index contributed by atoms with van der Waals surface area (Å²) in [5.41, 5.74) is 0. The van der Waals surface area contributed by atoms with Gasteiger partial charge < -0.3 is 9.47 Å². The number of alkyl halides is 2. The molecule has 0 fully saturated rings. The molecule has 0 aliphatic rings. The zero-order valence-corrected chi connectivity index (χ0v) is 25.9. The number of carbonyl (C=O) groups excluding carboxylic acids is 2. The molecule has 0 bridgehead atoms. The number of allylic oxidation sites excluding steroid dienone is 1. The summed E-state index contributed by atoms with van der Waals surface area (Å²) in [5, 5.41) is 0.942. The van der Waals surface area contributed by atoms with Gasteiger partial charge in [0.15, 0.2) is 0 Å². The van der Waals surface area contributed by atoms with Crippen molar-refractivity contribution in [3.8, 4) is 0 Å². The van der Waals surface area contributed by atoms with E-state index in [0.29, 0.717) is 5.75 Å². The van der Waals surface area contributed by atoms with Crippen LogP contribution in [-0.2, 0) is 19.1 Å². The third-order valence-electron chi connectivity index (χ3n) is 4.31. The first kappa shape index (κ1) is 32.4. The number of carbonyl (C=O) groups is 2. The van der Waals surface area contributed by atoms with Crippen LogP contribution in [0.25, 0.3) is 0 Å². The Morgan fingerprint density at radius 1 is 1.03 bits per heavy atom. The van der Waals surface area contributed by atoms with Gasteiger partial charge in [-0.05, 0) is 53.5 Å². The van der Waals surface area contributed by atoms with E-state index in [1.165, 1.54) is 0 Å². The fraction of sp³-hybridized carbons (Fsp3) is 0.773. The van der Waals surface area contributed by atoms with Crippen molar-refractivity contribution < 1.29 is 19.1 Å². The molecule has 0 rings (SSSR count). The molecule has 0 saturated heterocycles. The van der Waals surface area contributed by atoms with Crippen LogP contribution in [0, 0.1) is 0 Å². The summed E-state index contributed by atoms with van der Waals surface area (Å²) in [7, 11) is 1.78. The van der Waals surface area contributed by atoms with Crippen molar-refractivity contribution >= 4 is 85.0 Å². The summed E-state index contributed by atoms with van der Waals surface area (Å²) in [6, 6.07) is 0. The third-order valence-corrected chi connectivity index (χ3v) is 8.57. The molecule has 3 atom stereocenters. The van der Waals surface area contributed by atoms with Gasteiger partial charge in [-0.2, -0.15) is 12.6 Å². The lowest BCUT2D eigenvalue weighted by Crippen LogP contribution is -2.44. The predicted molar refractivity (Wildman–Crippen MR) is 151 cm³/mol. The smallest absolute Gasteiger partial charge is 0.322 e. The van der Waals surface area contributed by atoms with Crippen molar-refractivity contribution in [3.63, 3.8) is 0 Å². The van der Waals surface area contributed by atoms with Crippen molar-refractivity contribution in [2.45, 2.75) is 86.2 Å². The van der Waals surface area contributed by atoms with Crippen molar-refractivity contribution in [1.29, 1.82) is 0 Å². The highest BCUT2D eigenvalue weighted by Gasteiger charge is 2.37. The van der Waals surface area contributed by atoms with E-state index in [1.54, 1.807) is 58.3 Å². The number of ether oxygens (including phenoxy) is 2. The van der Waals surface area contributed by atoms with Gasteiger partial charge in [0, 0.05) is 18.6 Å². The summed E-state index contributed by atoms with van der Waals surface area (Å²) in [4.78, 5) is 29.5. The first-order valence-corrected chi connectivity index (χ1v) is 14.5. The Balaban J connectivity index is 5.68. The van der Waals surface area contributed by atoms with Gasteiger partial charge in [0.05, 0.1) is 9.12 Å². The molecule has 0 spiro atoms. The van der Waals surface area contributed by atoms with Gasteiger partial charge in [-0.15, -0.1) is 11.8 Å². The van der Waals surface area contributed by atoms with Gasteiger partial charge in [0.1, 0.15) is 20.9 Å². The number of thioether (sulfide) groups is 2. The Hall–Kier alpha value is 0.360. The molecule has 10 heteroatoms. The molecule has 0 aromatic rings. The molecule has 5 nitrogen and oxygen atoms in total. The number of nitrogens with zero attached hydrogens (tertiary/aromatic N) is 1. The first-order valence-electron chi connectivity index (χ1n) is 10.5. The van der Waals surface area contributed by atoms with Crippen molar-refractivity contribution in [1.82, 2.24) is 0 Å². The topological polar surface area (TPSA) is 65.0 Å². The Bertz CT molecular complexity index is 675. The van der Waals surface area contributed by atoms with Crippen LogP contribution in [0.5, 0.6) is 0 Å². The maximum atomic E-state index is 12.6. The second-order valence-corrected chi connectivity index (χ2v) is 15.9. The minimum absolute atomic E-state index is 0.207. The van der Waals surface area contributed by atoms with Crippen LogP contribution in [0.1, 0.15) is 61.3 Å². The van der Waals surface area contributed by atoms with Crippen LogP contribution in [-0.4, -0.2) is 60.5 Å². The van der Waals surface area contributed by atoms with Crippen LogP contribution < -0.4 is 0 Å². The number of hydrogen-bond donors (Lipinski definition) is 1. The highest BCUT2D eigenvalue weighted by atomic mass is 79.9. The summed E-state index contributed by atoms with van der Waals surface area (Å²) >= 11 is 14.4. The molecule has 0 aromatic heterocycles. The quantitative estimate of drug-likeness (QED) is 0.0609. The van der Waals surface area contributed by atoms with Crippen LogP contribution in [0.3, 0.4) is 0 Å². The average Bonchev–Trinajstić information content (AvgIpc) is 2.70. The SMILES string of the molecule is CC/C=C\C(=NC)SC(C)(CC)SCC(OC(=O)C(C)(C)Br)C(CS)OC(=O)C(C)(C)Br. The van der Waals surface area contributed by atoms with Crippen LogP contribution >= 0.6 is 68.0 Å². The van der Waals surface area contributed by atoms with E-state index in [0.717, 1.165) is 17.9 Å². The van der Waals surface area contributed by atoms with Crippen LogP contribution in [0.2, 0.25) is 0 Å². The van der Waals surface area contributed by atoms with Gasteiger partial charge in [-0.25, -0.2) is 0 Å². The Kier molecular flexibility index (Phi) is 14.9. The minimum Gasteiger partial charge on any atom is -0.456 e. The van der Waals surface area contributed by atoms with E-state index >= 15 is 0 Å². The average molecular weight is 636 g/mol. The molecular formula is C22H37Br2NO4S3. The van der Waals surface area contributed by atoms with Crippen molar-refractivity contribution in [3.05, 3.63) is 12.2 Å². The lowest BCUT2D eigenvalue weighted by Gasteiger charge is -2.33.